The molecule has 0 radical (unpaired) electrons. The summed E-state index contributed by atoms with van der Waals surface area (Å²) in [5.74, 6) is -0.763. The summed E-state index contributed by atoms with van der Waals surface area (Å²) in [4.78, 5) is 23.8. The zero-order chi connectivity index (χ0) is 17.8. The largest absolute Gasteiger partial charge is 0.348 e. The molecule has 0 bridgehead atoms. The molecule has 0 saturated heterocycles. The lowest BCUT2D eigenvalue weighted by molar-refractivity contribution is 0.0706. The molecule has 6 heteroatoms. The molecule has 0 unspecified atom stereocenters. The fourth-order valence-corrected chi connectivity index (χ4v) is 2.61. The van der Waals surface area contributed by atoms with Crippen molar-refractivity contribution in [1.29, 1.82) is 0 Å². The average molecular weight is 355 g/mol. The summed E-state index contributed by atoms with van der Waals surface area (Å²) < 4.78 is 0. The van der Waals surface area contributed by atoms with E-state index in [0.29, 0.717) is 22.7 Å². The third kappa shape index (κ3) is 3.96. The van der Waals surface area contributed by atoms with Crippen LogP contribution in [-0.4, -0.2) is 17.0 Å². The summed E-state index contributed by atoms with van der Waals surface area (Å²) >= 11 is 5.84. The minimum absolute atomic E-state index is 0.186. The summed E-state index contributed by atoms with van der Waals surface area (Å²) in [5.41, 5.74) is 3.43. The Bertz CT molecular complexity index is 939. The van der Waals surface area contributed by atoms with Crippen LogP contribution in [0.4, 0.5) is 0 Å². The van der Waals surface area contributed by atoms with Gasteiger partial charge in [0.2, 0.25) is 0 Å². The summed E-state index contributed by atoms with van der Waals surface area (Å²) in [6.07, 6.45) is 0. The summed E-state index contributed by atoms with van der Waals surface area (Å²) in [5, 5.41) is 13.8. The van der Waals surface area contributed by atoms with Crippen molar-refractivity contribution < 1.29 is 14.8 Å². The molecule has 3 rings (SSSR count). The van der Waals surface area contributed by atoms with Crippen LogP contribution in [0.5, 0.6) is 0 Å². The molecule has 25 heavy (non-hydrogen) atoms. The van der Waals surface area contributed by atoms with Crippen LogP contribution in [-0.2, 0) is 6.54 Å². The molecule has 0 heterocycles. The van der Waals surface area contributed by atoms with Gasteiger partial charge in [0.15, 0.2) is 0 Å². The zero-order valence-corrected chi connectivity index (χ0v) is 13.9. The highest BCUT2D eigenvalue weighted by Gasteiger charge is 2.09. The summed E-state index contributed by atoms with van der Waals surface area (Å²) in [6, 6.07) is 17.5. The number of hydroxylamine groups is 1. The second kappa shape index (κ2) is 7.34. The molecule has 0 aliphatic rings. The fourth-order valence-electron chi connectivity index (χ4n) is 2.48. The van der Waals surface area contributed by atoms with Gasteiger partial charge in [-0.2, -0.15) is 0 Å². The molecular weight excluding hydrogens is 340 g/mol. The molecular formula is C19H15ClN2O3. The Kier molecular flexibility index (Phi) is 4.97. The number of hydrogen-bond acceptors (Lipinski definition) is 3. The van der Waals surface area contributed by atoms with Crippen molar-refractivity contribution in [2.24, 2.45) is 0 Å². The first kappa shape index (κ1) is 17.0. The van der Waals surface area contributed by atoms with Gasteiger partial charge < -0.3 is 5.32 Å². The molecule has 3 aromatic rings. The van der Waals surface area contributed by atoms with Crippen molar-refractivity contribution in [2.75, 3.05) is 0 Å². The first-order valence-corrected chi connectivity index (χ1v) is 7.95. The van der Waals surface area contributed by atoms with Crippen LogP contribution < -0.4 is 10.8 Å². The number of fused-ring (bicyclic) bond motifs is 1. The molecule has 0 spiro atoms. The minimum Gasteiger partial charge on any atom is -0.348 e. The first-order valence-electron chi connectivity index (χ1n) is 7.58. The van der Waals surface area contributed by atoms with Gasteiger partial charge >= 0.3 is 0 Å². The van der Waals surface area contributed by atoms with Gasteiger partial charge in [0.05, 0.1) is 0 Å². The Labute approximate surface area is 149 Å². The van der Waals surface area contributed by atoms with Gasteiger partial charge in [0.1, 0.15) is 0 Å². The molecule has 2 amide bonds. The maximum atomic E-state index is 12.3. The predicted molar refractivity (Wildman–Crippen MR) is 95.8 cm³/mol. The van der Waals surface area contributed by atoms with E-state index in [4.69, 9.17) is 16.8 Å². The van der Waals surface area contributed by atoms with Crippen molar-refractivity contribution in [3.63, 3.8) is 0 Å². The van der Waals surface area contributed by atoms with Crippen LogP contribution in [0.2, 0.25) is 5.02 Å². The monoisotopic (exact) mass is 354 g/mol. The second-order valence-electron chi connectivity index (χ2n) is 5.53. The van der Waals surface area contributed by atoms with Crippen LogP contribution in [0.3, 0.4) is 0 Å². The normalized spacial score (nSPS) is 10.5. The highest BCUT2D eigenvalue weighted by Crippen LogP contribution is 2.18. The lowest BCUT2D eigenvalue weighted by atomic mass is 10.0. The van der Waals surface area contributed by atoms with Gasteiger partial charge in [-0.1, -0.05) is 35.9 Å². The van der Waals surface area contributed by atoms with E-state index >= 15 is 0 Å². The smallest absolute Gasteiger partial charge is 0.274 e. The second-order valence-corrected chi connectivity index (χ2v) is 5.96. The maximum absolute atomic E-state index is 12.3. The molecule has 5 nitrogen and oxygen atoms in total. The SMILES string of the molecule is O=C(NO)c1ccc2cc(C(=O)NCc3ccc(Cl)cc3)ccc2c1. The Morgan fingerprint density at radius 3 is 1.96 bits per heavy atom. The van der Waals surface area contributed by atoms with E-state index < -0.39 is 5.91 Å². The Hall–Kier alpha value is -2.89. The van der Waals surface area contributed by atoms with E-state index in [2.05, 4.69) is 5.32 Å². The lowest BCUT2D eigenvalue weighted by Gasteiger charge is -2.07. The van der Waals surface area contributed by atoms with Crippen molar-refractivity contribution in [2.45, 2.75) is 6.54 Å². The van der Waals surface area contributed by atoms with Crippen molar-refractivity contribution in [3.05, 3.63) is 82.4 Å². The van der Waals surface area contributed by atoms with Gasteiger partial charge in [-0.25, -0.2) is 5.48 Å². The third-order valence-electron chi connectivity index (χ3n) is 3.83. The molecule has 0 aliphatic carbocycles. The molecule has 3 aromatic carbocycles. The predicted octanol–water partition coefficient (Wildman–Crippen LogP) is 3.54. The van der Waals surface area contributed by atoms with Crippen LogP contribution >= 0.6 is 11.6 Å². The molecule has 0 atom stereocenters. The van der Waals surface area contributed by atoms with Gasteiger partial charge in [-0.05, 0) is 52.7 Å². The van der Waals surface area contributed by atoms with E-state index in [1.54, 1.807) is 54.0 Å². The van der Waals surface area contributed by atoms with Crippen molar-refractivity contribution in [1.82, 2.24) is 10.8 Å². The van der Waals surface area contributed by atoms with E-state index in [1.165, 1.54) is 0 Å². The molecule has 0 aromatic heterocycles. The van der Waals surface area contributed by atoms with E-state index in [9.17, 15) is 9.59 Å². The molecule has 0 saturated carbocycles. The quantitative estimate of drug-likeness (QED) is 0.495. The van der Waals surface area contributed by atoms with Gasteiger partial charge in [-0.3, -0.25) is 14.8 Å². The van der Waals surface area contributed by atoms with Crippen molar-refractivity contribution >= 4 is 34.2 Å². The number of nitrogens with one attached hydrogen (secondary N) is 2. The lowest BCUT2D eigenvalue weighted by Crippen LogP contribution is -2.22. The van der Waals surface area contributed by atoms with E-state index in [-0.39, 0.29) is 5.91 Å². The first-order chi connectivity index (χ1) is 12.1. The number of rotatable bonds is 4. The Balaban J connectivity index is 1.75. The van der Waals surface area contributed by atoms with E-state index in [1.807, 2.05) is 12.1 Å². The highest BCUT2D eigenvalue weighted by atomic mass is 35.5. The number of carbonyl (C=O) groups excluding carboxylic acids is 2. The van der Waals surface area contributed by atoms with E-state index in [0.717, 1.165) is 16.3 Å². The Morgan fingerprint density at radius 2 is 1.40 bits per heavy atom. The fraction of sp³-hybridized carbons (Fsp3) is 0.0526. The van der Waals surface area contributed by atoms with Gasteiger partial charge in [0.25, 0.3) is 11.8 Å². The van der Waals surface area contributed by atoms with Crippen molar-refractivity contribution in [3.8, 4) is 0 Å². The number of hydrogen-bond donors (Lipinski definition) is 3. The average Bonchev–Trinajstić information content (AvgIpc) is 2.65. The highest BCUT2D eigenvalue weighted by molar-refractivity contribution is 6.30. The van der Waals surface area contributed by atoms with Crippen LogP contribution in [0, 0.1) is 0 Å². The number of benzene rings is 3. The molecule has 3 N–H and O–H groups in total. The molecule has 0 aliphatic heterocycles. The summed E-state index contributed by atoms with van der Waals surface area (Å²) in [6.45, 7) is 0.406. The topological polar surface area (TPSA) is 78.4 Å². The maximum Gasteiger partial charge on any atom is 0.274 e. The molecule has 0 fully saturated rings. The standard InChI is InChI=1S/C19H15ClN2O3/c20-17-7-1-12(2-8-17)11-21-18(23)15-5-3-14-10-16(19(24)22-25)6-4-13(14)9-15/h1-10,25H,11H2,(H,21,23)(H,22,24). The van der Waals surface area contributed by atoms with Gasteiger partial charge in [-0.15, -0.1) is 0 Å². The summed E-state index contributed by atoms with van der Waals surface area (Å²) in [7, 11) is 0. The Morgan fingerprint density at radius 1 is 0.840 bits per heavy atom. The minimum atomic E-state index is -0.577. The number of halogens is 1. The van der Waals surface area contributed by atoms with Crippen LogP contribution in [0.1, 0.15) is 26.3 Å². The third-order valence-corrected chi connectivity index (χ3v) is 4.08. The molecule has 126 valence electrons. The van der Waals surface area contributed by atoms with Gasteiger partial charge in [0, 0.05) is 22.7 Å². The van der Waals surface area contributed by atoms with Crippen LogP contribution in [0.25, 0.3) is 10.8 Å². The van der Waals surface area contributed by atoms with Crippen LogP contribution in [0.15, 0.2) is 60.7 Å². The number of amides is 2. The number of carbonyl (C=O) groups is 2. The zero-order valence-electron chi connectivity index (χ0n) is 13.1.